The van der Waals surface area contributed by atoms with Gasteiger partial charge in [-0.25, -0.2) is 0 Å². The minimum Gasteiger partial charge on any atom is -0.508 e. The number of aromatic hydroxyl groups is 2. The Kier molecular flexibility index (Phi) is 5.39. The molecule has 130 valence electrons. The van der Waals surface area contributed by atoms with Gasteiger partial charge in [0.25, 0.3) is 0 Å². The highest BCUT2D eigenvalue weighted by Gasteiger charge is 2.18. The van der Waals surface area contributed by atoms with Crippen LogP contribution in [0.2, 0.25) is 0 Å². The van der Waals surface area contributed by atoms with E-state index in [0.717, 1.165) is 32.4 Å². The van der Waals surface area contributed by atoms with Gasteiger partial charge in [-0.05, 0) is 42.9 Å². The molecule has 0 unspecified atom stereocenters. The molecule has 1 saturated heterocycles. The molecule has 0 amide bonds. The predicted molar refractivity (Wildman–Crippen MR) is 97.7 cm³/mol. The summed E-state index contributed by atoms with van der Waals surface area (Å²) in [5.41, 5.74) is 1.59. The number of allylic oxidation sites excluding steroid dienone is 1. The van der Waals surface area contributed by atoms with Gasteiger partial charge in [0, 0.05) is 31.4 Å². The fourth-order valence-electron chi connectivity index (χ4n) is 3.24. The monoisotopic (exact) mass is 337 g/mol. The average molecular weight is 337 g/mol. The fourth-order valence-corrected chi connectivity index (χ4v) is 3.24. The van der Waals surface area contributed by atoms with E-state index < -0.39 is 0 Å². The Labute approximate surface area is 148 Å². The normalized spacial score (nSPS) is 15.6. The fraction of sp³-hybridized carbons (Fsp3) is 0.286. The lowest BCUT2D eigenvalue weighted by atomic mass is 9.90. The summed E-state index contributed by atoms with van der Waals surface area (Å²) < 4.78 is 0. The number of hydrogen-bond donors (Lipinski definition) is 2. The molecule has 1 fully saturated rings. The van der Waals surface area contributed by atoms with Gasteiger partial charge in [0.2, 0.25) is 0 Å². The summed E-state index contributed by atoms with van der Waals surface area (Å²) in [6, 6.07) is 14.6. The second kappa shape index (κ2) is 7.88. The number of piperidine rings is 1. The minimum absolute atomic E-state index is 0.0569. The highest BCUT2D eigenvalue weighted by Crippen LogP contribution is 2.24. The van der Waals surface area contributed by atoms with Crippen LogP contribution in [-0.2, 0) is 6.42 Å². The van der Waals surface area contributed by atoms with Gasteiger partial charge in [-0.2, -0.15) is 0 Å². The molecule has 2 aromatic rings. The highest BCUT2D eigenvalue weighted by atomic mass is 16.3. The van der Waals surface area contributed by atoms with Crippen LogP contribution in [0.3, 0.4) is 0 Å². The zero-order valence-electron chi connectivity index (χ0n) is 14.1. The Bertz CT molecular complexity index is 747. The predicted octanol–water partition coefficient (Wildman–Crippen LogP) is 3.75. The molecule has 0 aromatic heterocycles. The summed E-state index contributed by atoms with van der Waals surface area (Å²) >= 11 is 0. The molecule has 25 heavy (non-hydrogen) atoms. The Morgan fingerprint density at radius 2 is 1.80 bits per heavy atom. The third kappa shape index (κ3) is 4.63. The Balaban J connectivity index is 1.51. The van der Waals surface area contributed by atoms with E-state index in [0.29, 0.717) is 5.92 Å². The number of nitrogens with zero attached hydrogens (tertiary/aromatic N) is 1. The number of carbonyl (C=O) groups excluding carboxylic acids is 1. The van der Waals surface area contributed by atoms with E-state index in [9.17, 15) is 15.0 Å². The first-order chi connectivity index (χ1) is 12.1. The van der Waals surface area contributed by atoms with Crippen molar-refractivity contribution in [2.75, 3.05) is 13.1 Å². The Hall–Kier alpha value is -2.75. The van der Waals surface area contributed by atoms with Crippen LogP contribution in [0.5, 0.6) is 11.5 Å². The number of phenols is 2. The van der Waals surface area contributed by atoms with Gasteiger partial charge in [0.1, 0.15) is 11.5 Å². The van der Waals surface area contributed by atoms with Crippen LogP contribution in [0.25, 0.3) is 0 Å². The van der Waals surface area contributed by atoms with E-state index in [1.165, 1.54) is 29.8 Å². The van der Waals surface area contributed by atoms with Crippen LogP contribution < -0.4 is 0 Å². The Morgan fingerprint density at radius 3 is 2.48 bits per heavy atom. The number of rotatable bonds is 5. The van der Waals surface area contributed by atoms with Crippen molar-refractivity contribution in [2.45, 2.75) is 19.3 Å². The number of hydrogen-bond acceptors (Lipinski definition) is 4. The van der Waals surface area contributed by atoms with Gasteiger partial charge < -0.3 is 15.1 Å². The van der Waals surface area contributed by atoms with Gasteiger partial charge in [-0.1, -0.05) is 30.3 Å². The van der Waals surface area contributed by atoms with Crippen molar-refractivity contribution in [1.82, 2.24) is 4.90 Å². The molecule has 4 nitrogen and oxygen atoms in total. The van der Waals surface area contributed by atoms with Crippen molar-refractivity contribution >= 4 is 5.78 Å². The van der Waals surface area contributed by atoms with Crippen LogP contribution >= 0.6 is 0 Å². The summed E-state index contributed by atoms with van der Waals surface area (Å²) in [4.78, 5) is 14.3. The highest BCUT2D eigenvalue weighted by molar-refractivity contribution is 6.06. The maximum Gasteiger partial charge on any atom is 0.190 e. The second-order valence-electron chi connectivity index (χ2n) is 6.55. The Morgan fingerprint density at radius 1 is 1.08 bits per heavy atom. The maximum absolute atomic E-state index is 12.2. The van der Waals surface area contributed by atoms with Crippen LogP contribution in [0.1, 0.15) is 28.8 Å². The van der Waals surface area contributed by atoms with Crippen molar-refractivity contribution in [3.63, 3.8) is 0 Å². The molecule has 2 aromatic carbocycles. The van der Waals surface area contributed by atoms with Crippen molar-refractivity contribution in [3.8, 4) is 11.5 Å². The number of benzene rings is 2. The SMILES string of the molecule is O=C(/C=C/N1CCC(Cc2ccccc2)CC1)c1ccc(O)cc1O. The van der Waals surface area contributed by atoms with Gasteiger partial charge in [0.15, 0.2) is 5.78 Å². The molecule has 1 heterocycles. The van der Waals surface area contributed by atoms with E-state index in [1.807, 2.05) is 12.3 Å². The number of ketones is 1. The van der Waals surface area contributed by atoms with Gasteiger partial charge in [-0.3, -0.25) is 4.79 Å². The van der Waals surface area contributed by atoms with E-state index in [4.69, 9.17) is 0 Å². The number of carbonyl (C=O) groups is 1. The first kappa shape index (κ1) is 17.1. The second-order valence-corrected chi connectivity index (χ2v) is 6.55. The third-order valence-corrected chi connectivity index (χ3v) is 4.70. The molecule has 2 N–H and O–H groups in total. The van der Waals surface area contributed by atoms with Crippen LogP contribution in [-0.4, -0.2) is 34.0 Å². The van der Waals surface area contributed by atoms with E-state index in [1.54, 1.807) is 0 Å². The molecule has 0 bridgehead atoms. The van der Waals surface area contributed by atoms with Crippen molar-refractivity contribution in [3.05, 3.63) is 71.9 Å². The smallest absolute Gasteiger partial charge is 0.190 e. The molecule has 0 atom stereocenters. The first-order valence-electron chi connectivity index (χ1n) is 8.64. The lowest BCUT2D eigenvalue weighted by molar-refractivity contribution is 0.104. The van der Waals surface area contributed by atoms with Crippen LogP contribution in [0.4, 0.5) is 0 Å². The molecule has 4 heteroatoms. The zero-order chi connectivity index (χ0) is 17.6. The molecular formula is C21H23NO3. The molecule has 1 aliphatic rings. The molecule has 0 aliphatic carbocycles. The topological polar surface area (TPSA) is 60.8 Å². The molecule has 0 spiro atoms. The van der Waals surface area contributed by atoms with Gasteiger partial charge >= 0.3 is 0 Å². The summed E-state index contributed by atoms with van der Waals surface area (Å²) in [6.07, 6.45) is 6.63. The molecule has 0 radical (unpaired) electrons. The molecule has 0 saturated carbocycles. The zero-order valence-corrected chi connectivity index (χ0v) is 14.1. The van der Waals surface area contributed by atoms with E-state index >= 15 is 0 Å². The maximum atomic E-state index is 12.2. The summed E-state index contributed by atoms with van der Waals surface area (Å²) in [6.45, 7) is 1.87. The summed E-state index contributed by atoms with van der Waals surface area (Å²) in [7, 11) is 0. The number of phenolic OH excluding ortho intramolecular Hbond substituents is 2. The first-order valence-corrected chi connectivity index (χ1v) is 8.64. The summed E-state index contributed by atoms with van der Waals surface area (Å²) in [5.74, 6) is 0.169. The summed E-state index contributed by atoms with van der Waals surface area (Å²) in [5, 5.41) is 19.0. The molecule has 3 rings (SSSR count). The molecular weight excluding hydrogens is 314 g/mol. The number of likely N-dealkylation sites (tertiary alicyclic amines) is 1. The molecule has 1 aliphatic heterocycles. The van der Waals surface area contributed by atoms with Gasteiger partial charge in [0.05, 0.1) is 5.56 Å². The largest absolute Gasteiger partial charge is 0.508 e. The van der Waals surface area contributed by atoms with Crippen LogP contribution in [0, 0.1) is 5.92 Å². The van der Waals surface area contributed by atoms with E-state index in [2.05, 4.69) is 29.2 Å². The average Bonchev–Trinajstić information content (AvgIpc) is 2.62. The van der Waals surface area contributed by atoms with Crippen LogP contribution in [0.15, 0.2) is 60.8 Å². The quantitative estimate of drug-likeness (QED) is 0.644. The van der Waals surface area contributed by atoms with Crippen molar-refractivity contribution in [1.29, 1.82) is 0 Å². The minimum atomic E-state index is -0.260. The van der Waals surface area contributed by atoms with Crippen molar-refractivity contribution < 1.29 is 15.0 Å². The van der Waals surface area contributed by atoms with Crippen molar-refractivity contribution in [2.24, 2.45) is 5.92 Å². The lowest BCUT2D eigenvalue weighted by Gasteiger charge is -2.31. The van der Waals surface area contributed by atoms with E-state index in [-0.39, 0.29) is 22.8 Å². The standard InChI is InChI=1S/C21H23NO3/c23-18-6-7-19(21(25)15-18)20(24)10-13-22-11-8-17(9-12-22)14-16-4-2-1-3-5-16/h1-7,10,13,15,17,23,25H,8-9,11-12,14H2/b13-10+. The third-order valence-electron chi connectivity index (χ3n) is 4.70. The lowest BCUT2D eigenvalue weighted by Crippen LogP contribution is -2.30. The van der Waals surface area contributed by atoms with Gasteiger partial charge in [-0.15, -0.1) is 0 Å².